The third-order valence-electron chi connectivity index (χ3n) is 5.97. The number of nitro groups is 1. The fourth-order valence-electron chi connectivity index (χ4n) is 4.41. The van der Waals surface area contributed by atoms with Crippen molar-refractivity contribution in [2.45, 2.75) is 58.1 Å². The molecular weight excluding hydrogens is 440 g/mol. The zero-order valence-electron chi connectivity index (χ0n) is 16.9. The molecule has 0 unspecified atom stereocenters. The van der Waals surface area contributed by atoms with Gasteiger partial charge in [-0.3, -0.25) is 14.8 Å². The smallest absolute Gasteiger partial charge is 0.410 e. The number of carbonyl (C=O) groups excluding carboxylic acids is 1. The number of halogens is 1. The summed E-state index contributed by atoms with van der Waals surface area (Å²) in [5, 5.41) is 16.6. The normalized spacial score (nSPS) is 19.4. The molecule has 9 heteroatoms. The third kappa shape index (κ3) is 3.97. The number of rotatable bonds is 2. The summed E-state index contributed by atoms with van der Waals surface area (Å²) in [5.41, 5.74) is 0.591. The van der Waals surface area contributed by atoms with Crippen LogP contribution in [-0.4, -0.2) is 44.4 Å². The van der Waals surface area contributed by atoms with E-state index in [9.17, 15) is 14.9 Å². The first-order chi connectivity index (χ1) is 13.6. The van der Waals surface area contributed by atoms with Crippen molar-refractivity contribution < 1.29 is 14.5 Å². The molecule has 1 saturated heterocycles. The Balaban J connectivity index is 1.39. The Bertz CT molecular complexity index is 965. The minimum absolute atomic E-state index is 0.0524. The minimum atomic E-state index is -0.472. The number of nitrogens with zero attached hydrogens (tertiary/aromatic N) is 4. The quantitative estimate of drug-likeness (QED) is 0.457. The van der Waals surface area contributed by atoms with E-state index >= 15 is 0 Å². The van der Waals surface area contributed by atoms with E-state index in [0.29, 0.717) is 10.5 Å². The van der Waals surface area contributed by atoms with Crippen molar-refractivity contribution >= 4 is 38.6 Å². The van der Waals surface area contributed by atoms with Crippen LogP contribution in [0.15, 0.2) is 22.8 Å². The molecule has 4 rings (SSSR count). The number of hydrogen-bond acceptors (Lipinski definition) is 5. The van der Waals surface area contributed by atoms with E-state index in [0.717, 1.165) is 49.7 Å². The van der Waals surface area contributed by atoms with Crippen molar-refractivity contribution in [3.63, 3.8) is 0 Å². The van der Waals surface area contributed by atoms with Gasteiger partial charge in [-0.25, -0.2) is 4.79 Å². The van der Waals surface area contributed by atoms with Crippen LogP contribution in [0.3, 0.4) is 0 Å². The molecule has 8 nitrogen and oxygen atoms in total. The molecule has 1 aromatic carbocycles. The van der Waals surface area contributed by atoms with E-state index < -0.39 is 10.5 Å². The molecule has 0 atom stereocenters. The standard InChI is InChI=1S/C20H25BrN4O4/c1-19(2,3)29-18(26)23-6-4-20(5-7-23)10-14(11-20)24-12-13-8-17(25(27)28)15(21)9-16(13)22-24/h8-9,12,14H,4-7,10-11H2,1-3H3. The Hall–Kier alpha value is -2.16. The molecule has 1 aromatic heterocycles. The van der Waals surface area contributed by atoms with Gasteiger partial charge in [0.25, 0.3) is 5.69 Å². The lowest BCUT2D eigenvalue weighted by Gasteiger charge is -2.52. The molecule has 1 spiro atoms. The Morgan fingerprint density at radius 1 is 1.31 bits per heavy atom. The Kier molecular flexibility index (Phi) is 4.83. The summed E-state index contributed by atoms with van der Waals surface area (Å²) < 4.78 is 7.87. The lowest BCUT2D eigenvalue weighted by Crippen LogP contribution is -2.50. The van der Waals surface area contributed by atoms with Gasteiger partial charge in [0.05, 0.1) is 21.0 Å². The Morgan fingerprint density at radius 3 is 2.55 bits per heavy atom. The van der Waals surface area contributed by atoms with Crippen molar-refractivity contribution in [3.8, 4) is 0 Å². The van der Waals surface area contributed by atoms with E-state index in [1.54, 1.807) is 12.1 Å². The number of amides is 1. The fourth-order valence-corrected chi connectivity index (χ4v) is 4.88. The van der Waals surface area contributed by atoms with Crippen LogP contribution in [0.1, 0.15) is 52.5 Å². The second-order valence-corrected chi connectivity index (χ2v) is 10.1. The SMILES string of the molecule is CC(C)(C)OC(=O)N1CCC2(CC1)CC(n1cc3cc([N+](=O)[O-])c(Br)cc3n1)C2. The van der Waals surface area contributed by atoms with Gasteiger partial charge in [0.1, 0.15) is 5.60 Å². The zero-order chi connectivity index (χ0) is 21.0. The van der Waals surface area contributed by atoms with E-state index in [-0.39, 0.29) is 17.2 Å². The van der Waals surface area contributed by atoms with E-state index in [2.05, 4.69) is 21.0 Å². The molecule has 1 aliphatic carbocycles. The van der Waals surface area contributed by atoms with E-state index in [1.165, 1.54) is 0 Å². The molecule has 0 N–H and O–H groups in total. The Labute approximate surface area is 177 Å². The van der Waals surface area contributed by atoms with Gasteiger partial charge in [-0.05, 0) is 73.9 Å². The third-order valence-corrected chi connectivity index (χ3v) is 6.61. The Morgan fingerprint density at radius 2 is 1.97 bits per heavy atom. The lowest BCUT2D eigenvalue weighted by atomic mass is 9.60. The predicted octanol–water partition coefficient (Wildman–Crippen LogP) is 5.06. The summed E-state index contributed by atoms with van der Waals surface area (Å²) in [7, 11) is 0. The van der Waals surface area contributed by atoms with Crippen LogP contribution in [0.2, 0.25) is 0 Å². The lowest BCUT2D eigenvalue weighted by molar-refractivity contribution is -0.385. The number of likely N-dealkylation sites (tertiary alicyclic amines) is 1. The first kappa shape index (κ1) is 20.1. The maximum absolute atomic E-state index is 12.3. The van der Waals surface area contributed by atoms with Gasteiger partial charge in [-0.2, -0.15) is 5.10 Å². The molecule has 1 amide bonds. The van der Waals surface area contributed by atoms with Crippen LogP contribution in [0.5, 0.6) is 0 Å². The first-order valence-corrected chi connectivity index (χ1v) is 10.7. The fraction of sp³-hybridized carbons (Fsp3) is 0.600. The molecule has 0 bridgehead atoms. The highest BCUT2D eigenvalue weighted by molar-refractivity contribution is 9.10. The predicted molar refractivity (Wildman–Crippen MR) is 112 cm³/mol. The summed E-state index contributed by atoms with van der Waals surface area (Å²) >= 11 is 3.25. The second-order valence-electron chi connectivity index (χ2n) is 9.26. The van der Waals surface area contributed by atoms with E-state index in [1.807, 2.05) is 36.5 Å². The van der Waals surface area contributed by atoms with Crippen LogP contribution in [0, 0.1) is 15.5 Å². The van der Waals surface area contributed by atoms with Gasteiger partial charge < -0.3 is 9.64 Å². The van der Waals surface area contributed by atoms with Crippen molar-refractivity contribution in [1.82, 2.24) is 14.7 Å². The average Bonchev–Trinajstić information content (AvgIpc) is 2.99. The number of fused-ring (bicyclic) bond motifs is 1. The van der Waals surface area contributed by atoms with Gasteiger partial charge in [0.2, 0.25) is 0 Å². The maximum Gasteiger partial charge on any atom is 0.410 e. The molecule has 2 heterocycles. The number of benzene rings is 1. The van der Waals surface area contributed by atoms with Crippen molar-refractivity contribution in [3.05, 3.63) is 32.9 Å². The number of ether oxygens (including phenoxy) is 1. The molecular formula is C20H25BrN4O4. The number of aromatic nitrogens is 2. The van der Waals surface area contributed by atoms with Gasteiger partial charge in [0.15, 0.2) is 0 Å². The number of carbonyl (C=O) groups is 1. The zero-order valence-corrected chi connectivity index (χ0v) is 18.4. The second kappa shape index (κ2) is 6.97. The summed E-state index contributed by atoms with van der Waals surface area (Å²) in [4.78, 5) is 24.8. The first-order valence-electron chi connectivity index (χ1n) is 9.86. The summed E-state index contributed by atoms with van der Waals surface area (Å²) in [6.45, 7) is 7.10. The summed E-state index contributed by atoms with van der Waals surface area (Å²) in [6, 6.07) is 3.57. The number of piperidine rings is 1. The molecule has 1 aliphatic heterocycles. The van der Waals surface area contributed by atoms with Crippen LogP contribution >= 0.6 is 15.9 Å². The number of nitro benzene ring substituents is 1. The highest BCUT2D eigenvalue weighted by Gasteiger charge is 2.47. The van der Waals surface area contributed by atoms with E-state index in [4.69, 9.17) is 4.74 Å². The van der Waals surface area contributed by atoms with Crippen LogP contribution in [0.25, 0.3) is 10.9 Å². The molecule has 29 heavy (non-hydrogen) atoms. The summed E-state index contributed by atoms with van der Waals surface area (Å²) in [5.74, 6) is 0. The van der Waals surface area contributed by atoms with Gasteiger partial charge in [0, 0.05) is 30.7 Å². The van der Waals surface area contributed by atoms with Gasteiger partial charge >= 0.3 is 6.09 Å². The van der Waals surface area contributed by atoms with Crippen LogP contribution in [0.4, 0.5) is 10.5 Å². The van der Waals surface area contributed by atoms with Crippen molar-refractivity contribution in [2.24, 2.45) is 5.41 Å². The van der Waals surface area contributed by atoms with Crippen molar-refractivity contribution in [1.29, 1.82) is 0 Å². The average molecular weight is 465 g/mol. The van der Waals surface area contributed by atoms with Crippen molar-refractivity contribution in [2.75, 3.05) is 13.1 Å². The highest BCUT2D eigenvalue weighted by atomic mass is 79.9. The van der Waals surface area contributed by atoms with Crippen LogP contribution < -0.4 is 0 Å². The van der Waals surface area contributed by atoms with Gasteiger partial charge in [-0.15, -0.1) is 0 Å². The molecule has 0 radical (unpaired) electrons. The molecule has 2 aromatic rings. The molecule has 2 fully saturated rings. The summed E-state index contributed by atoms with van der Waals surface area (Å²) in [6.07, 6.45) is 5.66. The minimum Gasteiger partial charge on any atom is -0.444 e. The largest absolute Gasteiger partial charge is 0.444 e. The van der Waals surface area contributed by atoms with Crippen LogP contribution in [-0.2, 0) is 4.74 Å². The maximum atomic E-state index is 12.3. The molecule has 2 aliphatic rings. The molecule has 1 saturated carbocycles. The topological polar surface area (TPSA) is 90.5 Å². The monoisotopic (exact) mass is 464 g/mol. The molecule has 156 valence electrons. The highest BCUT2D eigenvalue weighted by Crippen LogP contribution is 2.54. The van der Waals surface area contributed by atoms with Gasteiger partial charge in [-0.1, -0.05) is 0 Å². The number of hydrogen-bond donors (Lipinski definition) is 0.